The van der Waals surface area contributed by atoms with Crippen LogP contribution >= 0.6 is 0 Å². The van der Waals surface area contributed by atoms with E-state index in [1.54, 1.807) is 30.3 Å². The maximum atomic E-state index is 14.8. The molecular formula is C51H42FIrN3OSi-2. The number of furan rings is 1. The van der Waals surface area contributed by atoms with Crippen molar-refractivity contribution in [3.8, 4) is 44.8 Å². The van der Waals surface area contributed by atoms with Gasteiger partial charge in [0.05, 0.1) is 13.7 Å². The minimum absolute atomic E-state index is 0. The average Bonchev–Trinajstić information content (AvgIpc) is 3.69. The molecule has 0 fully saturated rings. The number of aryl methyl sites for hydroxylation is 2. The molecule has 0 saturated heterocycles. The third kappa shape index (κ3) is 8.68. The van der Waals surface area contributed by atoms with Gasteiger partial charge in [0.15, 0.2) is 0 Å². The second-order valence-electron chi connectivity index (χ2n) is 14.6. The standard InChI is InChI=1S/C27H26NSi.C24H16FN2O.Ir/c1-29(2,3)27-20-28-26(19-25(27)17-21-11-6-4-7-12-21)24-16-10-15-23(18-24)22-13-8-5-9-14-22;1-14-13-26-21(12-19(14)16-6-4-3-5-7-16)17-10-11-20(25)22-18-9-8-15(2)27-24(18)28-23(17)22;/h4-15,18-20H,17H2,1-3H3;3-9,11-13H,1-2H3;/q2*-1;/i17D2;1D3,2D3;. The summed E-state index contributed by atoms with van der Waals surface area (Å²) in [6.45, 7) is 1.86. The van der Waals surface area contributed by atoms with Crippen molar-refractivity contribution in [3.05, 3.63) is 192 Å². The Morgan fingerprint density at radius 3 is 2.16 bits per heavy atom. The molecule has 4 heterocycles. The monoisotopic (exact) mass is 960 g/mol. The van der Waals surface area contributed by atoms with Crippen LogP contribution in [0.1, 0.15) is 33.4 Å². The van der Waals surface area contributed by atoms with E-state index >= 15 is 0 Å². The fourth-order valence-electron chi connectivity index (χ4n) is 6.71. The van der Waals surface area contributed by atoms with Gasteiger partial charge in [-0.2, -0.15) is 0 Å². The van der Waals surface area contributed by atoms with Gasteiger partial charge in [0, 0.05) is 60.4 Å². The molecule has 58 heavy (non-hydrogen) atoms. The van der Waals surface area contributed by atoms with Crippen molar-refractivity contribution in [1.29, 1.82) is 0 Å². The third-order valence-electron chi connectivity index (χ3n) is 9.56. The minimum Gasteiger partial charge on any atom is -0.486 e. The fraction of sp³-hybridized carbons (Fsp3) is 0.118. The van der Waals surface area contributed by atoms with Crippen molar-refractivity contribution in [1.82, 2.24) is 15.0 Å². The second kappa shape index (κ2) is 17.3. The van der Waals surface area contributed by atoms with E-state index in [-0.39, 0.29) is 48.0 Å². The molecular weight excluding hydrogens is 910 g/mol. The Balaban J connectivity index is 0.000000194. The van der Waals surface area contributed by atoms with Gasteiger partial charge >= 0.3 is 0 Å². The van der Waals surface area contributed by atoms with E-state index in [0.717, 1.165) is 33.6 Å². The number of hydrogen-bond acceptors (Lipinski definition) is 4. The molecule has 9 rings (SSSR count). The van der Waals surface area contributed by atoms with E-state index in [1.807, 2.05) is 79.0 Å². The van der Waals surface area contributed by atoms with Gasteiger partial charge in [0.25, 0.3) is 0 Å². The maximum Gasteiger partial charge on any atom is 0.216 e. The summed E-state index contributed by atoms with van der Waals surface area (Å²) >= 11 is 0. The normalized spacial score (nSPS) is 13.9. The molecule has 0 aliphatic heterocycles. The summed E-state index contributed by atoms with van der Waals surface area (Å²) in [6, 6.07) is 48.3. The zero-order valence-corrected chi connectivity index (χ0v) is 35.3. The molecule has 0 bridgehead atoms. The van der Waals surface area contributed by atoms with Gasteiger partial charge in [-0.05, 0) is 82.0 Å². The van der Waals surface area contributed by atoms with Crippen LogP contribution in [0.2, 0.25) is 19.6 Å². The van der Waals surface area contributed by atoms with Crippen molar-refractivity contribution in [2.24, 2.45) is 0 Å². The summed E-state index contributed by atoms with van der Waals surface area (Å²) in [5.41, 5.74) is 6.97. The quantitative estimate of drug-likeness (QED) is 0.118. The van der Waals surface area contributed by atoms with Crippen LogP contribution in [0, 0.1) is 31.7 Å². The Bertz CT molecular complexity index is 3160. The smallest absolute Gasteiger partial charge is 0.216 e. The average molecular weight is 960 g/mol. The molecule has 4 aromatic heterocycles. The first kappa shape index (κ1) is 31.2. The Hall–Kier alpha value is -5.85. The molecule has 0 atom stereocenters. The van der Waals surface area contributed by atoms with Crippen LogP contribution in [0.4, 0.5) is 4.39 Å². The van der Waals surface area contributed by atoms with Crippen LogP contribution in [0.15, 0.2) is 156 Å². The van der Waals surface area contributed by atoms with Gasteiger partial charge in [-0.3, -0.25) is 4.39 Å². The van der Waals surface area contributed by atoms with Crippen LogP contribution in [-0.2, 0) is 26.5 Å². The van der Waals surface area contributed by atoms with Crippen LogP contribution in [0.25, 0.3) is 66.8 Å². The van der Waals surface area contributed by atoms with Crippen molar-refractivity contribution in [2.75, 3.05) is 0 Å². The Kier molecular flexibility index (Phi) is 9.32. The topological polar surface area (TPSA) is 51.8 Å². The molecule has 4 nitrogen and oxygen atoms in total. The molecule has 289 valence electrons. The van der Waals surface area contributed by atoms with Gasteiger partial charge in [-0.15, -0.1) is 47.5 Å². The number of fused-ring (bicyclic) bond motifs is 3. The predicted molar refractivity (Wildman–Crippen MR) is 235 cm³/mol. The molecule has 9 aromatic rings. The number of hydrogen-bond donors (Lipinski definition) is 0. The van der Waals surface area contributed by atoms with E-state index in [2.05, 4.69) is 59.9 Å². The van der Waals surface area contributed by atoms with Gasteiger partial charge < -0.3 is 14.4 Å². The van der Waals surface area contributed by atoms with Crippen molar-refractivity contribution in [2.45, 2.75) is 39.7 Å². The van der Waals surface area contributed by atoms with E-state index in [1.165, 1.54) is 18.3 Å². The van der Waals surface area contributed by atoms with E-state index in [9.17, 15) is 4.39 Å². The number of pyridine rings is 3. The second-order valence-corrected chi connectivity index (χ2v) is 19.6. The molecule has 0 spiro atoms. The molecule has 7 heteroatoms. The van der Waals surface area contributed by atoms with Crippen LogP contribution in [0.5, 0.6) is 0 Å². The van der Waals surface area contributed by atoms with Gasteiger partial charge in [0.2, 0.25) is 5.71 Å². The zero-order valence-electron chi connectivity index (χ0n) is 39.9. The first-order valence-corrected chi connectivity index (χ1v) is 21.9. The number of nitrogens with zero attached hydrogens (tertiary/aromatic N) is 3. The van der Waals surface area contributed by atoms with Crippen LogP contribution in [0.3, 0.4) is 0 Å². The van der Waals surface area contributed by atoms with Crippen molar-refractivity contribution >= 4 is 35.3 Å². The summed E-state index contributed by atoms with van der Waals surface area (Å²) in [6.07, 6.45) is 1.56. The van der Waals surface area contributed by atoms with E-state index < -0.39 is 34.0 Å². The number of benzene rings is 5. The molecule has 0 saturated carbocycles. The first-order valence-electron chi connectivity index (χ1n) is 22.4. The molecule has 0 amide bonds. The molecule has 0 unspecified atom stereocenters. The largest absolute Gasteiger partial charge is 0.486 e. The number of rotatable bonds is 7. The first-order chi connectivity index (χ1) is 30.8. The molecule has 5 aromatic carbocycles. The third-order valence-corrected chi connectivity index (χ3v) is 11.6. The summed E-state index contributed by atoms with van der Waals surface area (Å²) < 4.78 is 85.1. The molecule has 0 aliphatic carbocycles. The van der Waals surface area contributed by atoms with Crippen molar-refractivity contribution in [3.63, 3.8) is 0 Å². The predicted octanol–water partition coefficient (Wildman–Crippen LogP) is 12.6. The molecule has 1 radical (unpaired) electrons. The minimum atomic E-state index is -2.45. The maximum absolute atomic E-state index is 14.8. The molecule has 0 N–H and O–H groups in total. The molecule has 0 aliphatic rings. The van der Waals surface area contributed by atoms with E-state index in [4.69, 9.17) is 20.4 Å². The Morgan fingerprint density at radius 1 is 0.741 bits per heavy atom. The Morgan fingerprint density at radius 2 is 1.45 bits per heavy atom. The SMILES string of the molecule is [2H]C([2H])([2H])c1ccc2c(n1)oc1c(-c3cc(-c4ccccc4)c(C([2H])([2H])[2H])cn3)[c-]cc(F)c12.[2H]C([2H])(c1ccccc1)c1cc(-c2[c-]ccc(-c3ccccc3)c2)ncc1[Si](C)(C)C.[Ir]. The van der Waals surface area contributed by atoms with E-state index in [0.29, 0.717) is 38.9 Å². The van der Waals surface area contributed by atoms with Gasteiger partial charge in [-0.25, -0.2) is 4.98 Å². The Labute approximate surface area is 365 Å². The van der Waals surface area contributed by atoms with Crippen LogP contribution in [-0.4, -0.2) is 23.0 Å². The van der Waals surface area contributed by atoms with Gasteiger partial charge in [0.1, 0.15) is 0 Å². The summed E-state index contributed by atoms with van der Waals surface area (Å²) in [5.74, 6) is -0.608. The summed E-state index contributed by atoms with van der Waals surface area (Å²) in [7, 11) is -1.82. The fourth-order valence-corrected chi connectivity index (χ4v) is 8.10. The van der Waals surface area contributed by atoms with Gasteiger partial charge in [-0.1, -0.05) is 134 Å². The van der Waals surface area contributed by atoms with Crippen LogP contribution < -0.4 is 5.19 Å². The van der Waals surface area contributed by atoms with Crippen molar-refractivity contribution < 1.29 is 39.9 Å². The summed E-state index contributed by atoms with van der Waals surface area (Å²) in [4.78, 5) is 13.1. The number of aromatic nitrogens is 3. The number of halogens is 1. The summed E-state index contributed by atoms with van der Waals surface area (Å²) in [5, 5.41) is 1.48. The zero-order chi connectivity index (χ0) is 46.3.